The lowest BCUT2D eigenvalue weighted by Crippen LogP contribution is -2.50. The van der Waals surface area contributed by atoms with Crippen LogP contribution in [0.4, 0.5) is 20.6 Å². The second-order valence-corrected chi connectivity index (χ2v) is 13.5. The molecule has 3 aromatic rings. The molecule has 1 saturated carbocycles. The Kier molecular flexibility index (Phi) is 9.06. The third-order valence-corrected chi connectivity index (χ3v) is 9.34. The van der Waals surface area contributed by atoms with Crippen molar-refractivity contribution >= 4 is 40.5 Å². The number of hydrogen-bond acceptors (Lipinski definition) is 9. The Balaban J connectivity index is 1.04. The van der Waals surface area contributed by atoms with E-state index >= 15 is 0 Å². The number of urea groups is 1. The second-order valence-electron chi connectivity index (χ2n) is 12.4. The highest BCUT2D eigenvalue weighted by Gasteiger charge is 2.32. The van der Waals surface area contributed by atoms with Gasteiger partial charge in [0.05, 0.1) is 33.7 Å². The lowest BCUT2D eigenvalue weighted by Gasteiger charge is -2.37. The first-order valence-corrected chi connectivity index (χ1v) is 16.1. The molecule has 6 rings (SSSR count). The number of pyridine rings is 1. The van der Waals surface area contributed by atoms with Gasteiger partial charge in [0.1, 0.15) is 5.76 Å². The lowest BCUT2D eigenvalue weighted by atomic mass is 9.92. The molecule has 4 heterocycles. The molecule has 3 aliphatic rings. The van der Waals surface area contributed by atoms with Gasteiger partial charge in [0.2, 0.25) is 0 Å². The standard InChI is InChI=1S/C33H39FN6O4S/c1-33(2,31(41)43-3)20-40-14-12-39(13-15-40)19-21-4-8-25(36-18-21)29-17-26-30(45-29)28(10-11-35-26)44-27-9-7-23(16-24(27)34)38-32(42)37-22-5-6-22/h4,7-10,16-18,22,35H,5-6,11-15,19-20H2,1-3H3,(H2,37,38,42). The number of amides is 2. The first-order chi connectivity index (χ1) is 21.7. The van der Waals surface area contributed by atoms with Gasteiger partial charge in [-0.2, -0.15) is 0 Å². The number of aromatic nitrogens is 1. The van der Waals surface area contributed by atoms with Crippen LogP contribution in [0.2, 0.25) is 0 Å². The van der Waals surface area contributed by atoms with Crippen LogP contribution in [0.25, 0.3) is 16.3 Å². The summed E-state index contributed by atoms with van der Waals surface area (Å²) in [5.41, 5.74) is 2.77. The normalized spacial score (nSPS) is 17.1. The molecule has 1 saturated heterocycles. The number of methoxy groups -OCH3 is 1. The van der Waals surface area contributed by atoms with E-state index in [1.165, 1.54) is 30.6 Å². The Bertz CT molecular complexity index is 1580. The third-order valence-electron chi connectivity index (χ3n) is 8.16. The van der Waals surface area contributed by atoms with Crippen LogP contribution in [0.3, 0.4) is 0 Å². The van der Waals surface area contributed by atoms with Gasteiger partial charge in [0.15, 0.2) is 11.6 Å². The molecule has 0 radical (unpaired) electrons. The van der Waals surface area contributed by atoms with Crippen LogP contribution in [0, 0.1) is 11.2 Å². The largest absolute Gasteiger partial charge is 0.469 e. The van der Waals surface area contributed by atoms with Crippen molar-refractivity contribution < 1.29 is 23.5 Å². The van der Waals surface area contributed by atoms with Crippen molar-refractivity contribution in [3.8, 4) is 16.3 Å². The van der Waals surface area contributed by atoms with E-state index in [4.69, 9.17) is 14.5 Å². The highest BCUT2D eigenvalue weighted by Crippen LogP contribution is 2.41. The van der Waals surface area contributed by atoms with Gasteiger partial charge in [-0.1, -0.05) is 6.07 Å². The maximum absolute atomic E-state index is 14.9. The zero-order chi connectivity index (χ0) is 31.6. The van der Waals surface area contributed by atoms with Crippen molar-refractivity contribution in [3.05, 3.63) is 64.9 Å². The summed E-state index contributed by atoms with van der Waals surface area (Å²) in [7, 11) is 1.44. The summed E-state index contributed by atoms with van der Waals surface area (Å²) in [5, 5.41) is 8.86. The number of nitrogens with zero attached hydrogens (tertiary/aromatic N) is 3. The van der Waals surface area contributed by atoms with Gasteiger partial charge in [0, 0.05) is 69.8 Å². The fourth-order valence-corrected chi connectivity index (χ4v) is 6.64. The van der Waals surface area contributed by atoms with E-state index < -0.39 is 11.2 Å². The quantitative estimate of drug-likeness (QED) is 0.255. The van der Waals surface area contributed by atoms with Gasteiger partial charge < -0.3 is 25.4 Å². The Morgan fingerprint density at radius 2 is 1.89 bits per heavy atom. The molecule has 10 nitrogen and oxygen atoms in total. The summed E-state index contributed by atoms with van der Waals surface area (Å²) in [4.78, 5) is 35.4. The molecule has 0 spiro atoms. The minimum absolute atomic E-state index is 0.0905. The number of esters is 1. The van der Waals surface area contributed by atoms with Crippen molar-refractivity contribution in [2.24, 2.45) is 5.41 Å². The van der Waals surface area contributed by atoms with Gasteiger partial charge in [-0.05, 0) is 62.6 Å². The highest BCUT2D eigenvalue weighted by molar-refractivity contribution is 7.17. The number of hydrogen-bond donors (Lipinski definition) is 3. The fourth-order valence-electron chi connectivity index (χ4n) is 5.55. The zero-order valence-electron chi connectivity index (χ0n) is 25.8. The van der Waals surface area contributed by atoms with E-state index in [0.717, 1.165) is 72.3 Å². The average Bonchev–Trinajstić information content (AvgIpc) is 3.72. The molecule has 0 bridgehead atoms. The fraction of sp³-hybridized carbons (Fsp3) is 0.424. The van der Waals surface area contributed by atoms with Crippen LogP contribution in [-0.2, 0) is 16.1 Å². The molecular weight excluding hydrogens is 595 g/mol. The van der Waals surface area contributed by atoms with Crippen molar-refractivity contribution in [1.82, 2.24) is 20.1 Å². The number of carbonyl (C=O) groups excluding carboxylic acids is 2. The molecule has 45 heavy (non-hydrogen) atoms. The molecule has 0 atom stereocenters. The minimum Gasteiger partial charge on any atom is -0.469 e. The van der Waals surface area contributed by atoms with Gasteiger partial charge in [0.25, 0.3) is 0 Å². The van der Waals surface area contributed by atoms with E-state index in [2.05, 4.69) is 37.9 Å². The maximum atomic E-state index is 14.9. The molecular formula is C33H39FN6O4S. The van der Waals surface area contributed by atoms with Crippen molar-refractivity contribution in [1.29, 1.82) is 0 Å². The molecule has 2 amide bonds. The van der Waals surface area contributed by atoms with E-state index in [1.807, 2.05) is 32.2 Å². The monoisotopic (exact) mass is 634 g/mol. The summed E-state index contributed by atoms with van der Waals surface area (Å²) >= 11 is 1.54. The molecule has 238 valence electrons. The number of anilines is 2. The topological polar surface area (TPSA) is 108 Å². The molecule has 2 fully saturated rings. The predicted molar refractivity (Wildman–Crippen MR) is 174 cm³/mol. The average molecular weight is 635 g/mol. The minimum atomic E-state index is -0.555. The number of nitrogens with one attached hydrogen (secondary N) is 3. The summed E-state index contributed by atoms with van der Waals surface area (Å²) in [6.45, 7) is 9.57. The maximum Gasteiger partial charge on any atom is 0.319 e. The van der Waals surface area contributed by atoms with Crippen LogP contribution < -0.4 is 20.7 Å². The summed E-state index contributed by atoms with van der Waals surface area (Å²) in [5.74, 6) is -0.0629. The summed E-state index contributed by atoms with van der Waals surface area (Å²) in [6, 6.07) is 10.5. The number of fused-ring (bicyclic) bond motifs is 1. The van der Waals surface area contributed by atoms with Gasteiger partial charge in [-0.15, -0.1) is 11.3 Å². The first-order valence-electron chi connectivity index (χ1n) is 15.3. The Morgan fingerprint density at radius 1 is 1.11 bits per heavy atom. The van der Waals surface area contributed by atoms with Gasteiger partial charge in [-0.3, -0.25) is 19.6 Å². The van der Waals surface area contributed by atoms with Gasteiger partial charge in [-0.25, -0.2) is 9.18 Å². The third kappa shape index (κ3) is 7.63. The Morgan fingerprint density at radius 3 is 2.58 bits per heavy atom. The first kappa shape index (κ1) is 31.0. The van der Waals surface area contributed by atoms with E-state index in [1.54, 1.807) is 6.07 Å². The van der Waals surface area contributed by atoms with Crippen LogP contribution in [0.5, 0.6) is 5.75 Å². The number of halogens is 1. The lowest BCUT2D eigenvalue weighted by molar-refractivity contribution is -0.152. The van der Waals surface area contributed by atoms with Crippen molar-refractivity contribution in [2.45, 2.75) is 39.3 Å². The van der Waals surface area contributed by atoms with Crippen molar-refractivity contribution in [3.63, 3.8) is 0 Å². The van der Waals surface area contributed by atoms with Crippen LogP contribution in [0.15, 0.2) is 48.7 Å². The SMILES string of the molecule is COC(=O)C(C)(C)CN1CCN(Cc2ccc(-c3cc4c(s3)C(Oc3ccc(NC(=O)NC5CC5)cc3F)=CCN4)nc2)CC1. The van der Waals surface area contributed by atoms with Crippen molar-refractivity contribution in [2.75, 3.05) is 57.0 Å². The summed E-state index contributed by atoms with van der Waals surface area (Å²) in [6.07, 6.45) is 5.78. The molecule has 1 aliphatic carbocycles. The Labute approximate surface area is 266 Å². The van der Waals surface area contributed by atoms with Crippen LogP contribution in [-0.4, -0.2) is 79.2 Å². The second kappa shape index (κ2) is 13.2. The van der Waals surface area contributed by atoms with Crippen LogP contribution >= 0.6 is 11.3 Å². The number of carbonyl (C=O) groups is 2. The Hall–Kier alpha value is -4.00. The number of piperazine rings is 1. The number of ether oxygens (including phenoxy) is 2. The van der Waals surface area contributed by atoms with Crippen LogP contribution in [0.1, 0.15) is 37.1 Å². The molecule has 12 heteroatoms. The highest BCUT2D eigenvalue weighted by atomic mass is 32.1. The van der Waals surface area contributed by atoms with E-state index in [0.29, 0.717) is 24.5 Å². The van der Waals surface area contributed by atoms with E-state index in [9.17, 15) is 14.0 Å². The molecule has 2 aromatic heterocycles. The van der Waals surface area contributed by atoms with E-state index in [-0.39, 0.29) is 23.8 Å². The number of benzene rings is 1. The zero-order valence-corrected chi connectivity index (χ0v) is 26.6. The summed E-state index contributed by atoms with van der Waals surface area (Å²) < 4.78 is 25.9. The molecule has 0 unspecified atom stereocenters. The molecule has 2 aliphatic heterocycles. The van der Waals surface area contributed by atoms with Gasteiger partial charge >= 0.3 is 12.0 Å². The predicted octanol–water partition coefficient (Wildman–Crippen LogP) is 5.40. The molecule has 1 aromatic carbocycles. The number of rotatable bonds is 10. The smallest absolute Gasteiger partial charge is 0.319 e. The number of thiophene rings is 1. The molecule has 3 N–H and O–H groups in total.